The molecule has 0 fully saturated rings. The molecule has 2 aromatic heterocycles. The minimum atomic E-state index is -0.682. The van der Waals surface area contributed by atoms with Gasteiger partial charge in [0, 0.05) is 17.5 Å². The van der Waals surface area contributed by atoms with Gasteiger partial charge in [0.15, 0.2) is 5.43 Å². The van der Waals surface area contributed by atoms with Gasteiger partial charge in [-0.25, -0.2) is 9.78 Å². The smallest absolute Gasteiger partial charge is 0.374 e. The van der Waals surface area contributed by atoms with Crippen molar-refractivity contribution in [1.82, 2.24) is 4.98 Å². The lowest BCUT2D eigenvalue weighted by Crippen LogP contribution is -2.10. The van der Waals surface area contributed by atoms with Crippen LogP contribution in [0.5, 0.6) is 11.5 Å². The maximum atomic E-state index is 12.3. The number of hydrogen-bond donors (Lipinski definition) is 0. The molecule has 0 N–H and O–H groups in total. The number of para-hydroxylation sites is 1. The standard InChI is InChI=1S/C29H23NO6/c1-2-33-29(32)28-16-26(31)24-13-12-23(15-27(24)36-28)34-17-19-6-5-8-22(14-19)35-18-21-11-10-20-7-3-4-9-25(20)30-21/h3-16H,2,17-18H2,1H3. The second-order valence-electron chi connectivity index (χ2n) is 8.07. The first-order chi connectivity index (χ1) is 17.6. The highest BCUT2D eigenvalue weighted by molar-refractivity contribution is 5.89. The number of benzene rings is 3. The summed E-state index contributed by atoms with van der Waals surface area (Å²) < 4.78 is 22.4. The third-order valence-corrected chi connectivity index (χ3v) is 5.52. The van der Waals surface area contributed by atoms with E-state index in [0.717, 1.165) is 28.2 Å². The molecule has 0 amide bonds. The molecular weight excluding hydrogens is 458 g/mol. The number of aromatic nitrogens is 1. The molecule has 5 aromatic rings. The van der Waals surface area contributed by atoms with Crippen molar-refractivity contribution in [2.45, 2.75) is 20.1 Å². The first-order valence-electron chi connectivity index (χ1n) is 11.5. The van der Waals surface area contributed by atoms with Gasteiger partial charge in [0.1, 0.15) is 30.3 Å². The molecular formula is C29H23NO6. The van der Waals surface area contributed by atoms with Crippen LogP contribution in [0.15, 0.2) is 94.1 Å². The van der Waals surface area contributed by atoms with Crippen molar-refractivity contribution in [2.75, 3.05) is 6.61 Å². The summed E-state index contributed by atoms with van der Waals surface area (Å²) in [7, 11) is 0. The van der Waals surface area contributed by atoms with Gasteiger partial charge >= 0.3 is 5.97 Å². The lowest BCUT2D eigenvalue weighted by Gasteiger charge is -2.10. The number of carbonyl (C=O) groups excluding carboxylic acids is 1. The molecule has 180 valence electrons. The van der Waals surface area contributed by atoms with Crippen molar-refractivity contribution in [3.8, 4) is 11.5 Å². The summed E-state index contributed by atoms with van der Waals surface area (Å²) in [6, 6.07) is 25.6. The number of pyridine rings is 1. The number of fused-ring (bicyclic) bond motifs is 2. The molecule has 7 nitrogen and oxygen atoms in total. The largest absolute Gasteiger partial charge is 0.489 e. The van der Waals surface area contributed by atoms with E-state index >= 15 is 0 Å². The monoisotopic (exact) mass is 481 g/mol. The molecule has 0 bridgehead atoms. The molecule has 5 rings (SSSR count). The summed E-state index contributed by atoms with van der Waals surface area (Å²) >= 11 is 0. The molecule has 2 heterocycles. The quantitative estimate of drug-likeness (QED) is 0.264. The summed E-state index contributed by atoms with van der Waals surface area (Å²) in [5.41, 5.74) is 2.61. The van der Waals surface area contributed by atoms with Crippen molar-refractivity contribution in [2.24, 2.45) is 0 Å². The molecule has 0 saturated heterocycles. The van der Waals surface area contributed by atoms with Gasteiger partial charge in [0.25, 0.3) is 0 Å². The van der Waals surface area contributed by atoms with Crippen LogP contribution in [0.4, 0.5) is 0 Å². The summed E-state index contributed by atoms with van der Waals surface area (Å²) in [6.07, 6.45) is 0. The Balaban J connectivity index is 1.26. The minimum Gasteiger partial charge on any atom is -0.489 e. The lowest BCUT2D eigenvalue weighted by molar-refractivity contribution is 0.0490. The maximum absolute atomic E-state index is 12.3. The van der Waals surface area contributed by atoms with Crippen LogP contribution >= 0.6 is 0 Å². The predicted molar refractivity (Wildman–Crippen MR) is 135 cm³/mol. The van der Waals surface area contributed by atoms with E-state index in [0.29, 0.717) is 23.5 Å². The Hall–Kier alpha value is -4.65. The van der Waals surface area contributed by atoms with Gasteiger partial charge in [-0.05, 0) is 48.9 Å². The van der Waals surface area contributed by atoms with Crippen LogP contribution in [0.1, 0.15) is 28.7 Å². The average Bonchev–Trinajstić information content (AvgIpc) is 2.91. The van der Waals surface area contributed by atoms with Gasteiger partial charge in [-0.1, -0.05) is 36.4 Å². The maximum Gasteiger partial charge on any atom is 0.374 e. The number of esters is 1. The molecule has 0 saturated carbocycles. The van der Waals surface area contributed by atoms with E-state index in [1.165, 1.54) is 0 Å². The first kappa shape index (κ1) is 23.1. The van der Waals surface area contributed by atoms with Crippen molar-refractivity contribution in [3.05, 3.63) is 112 Å². The Morgan fingerprint density at radius 2 is 1.69 bits per heavy atom. The van der Waals surface area contributed by atoms with Crippen molar-refractivity contribution >= 4 is 27.8 Å². The molecule has 0 radical (unpaired) electrons. The SMILES string of the molecule is CCOC(=O)c1cc(=O)c2ccc(OCc3cccc(OCc4ccc5ccccc5n4)c3)cc2o1. The Morgan fingerprint density at radius 1 is 0.861 bits per heavy atom. The fourth-order valence-electron chi connectivity index (χ4n) is 3.77. The van der Waals surface area contributed by atoms with Crippen molar-refractivity contribution < 1.29 is 23.4 Å². The second-order valence-corrected chi connectivity index (χ2v) is 8.07. The minimum absolute atomic E-state index is 0.141. The fourth-order valence-corrected chi connectivity index (χ4v) is 3.77. The van der Waals surface area contributed by atoms with Crippen molar-refractivity contribution in [3.63, 3.8) is 0 Å². The van der Waals surface area contributed by atoms with Crippen LogP contribution < -0.4 is 14.9 Å². The zero-order valence-corrected chi connectivity index (χ0v) is 19.6. The topological polar surface area (TPSA) is 87.9 Å². The number of hydrogen-bond acceptors (Lipinski definition) is 7. The average molecular weight is 482 g/mol. The van der Waals surface area contributed by atoms with E-state index in [1.807, 2.05) is 60.7 Å². The lowest BCUT2D eigenvalue weighted by atomic mass is 10.2. The van der Waals surface area contributed by atoms with Gasteiger partial charge in [0.2, 0.25) is 5.76 Å². The fraction of sp³-hybridized carbons (Fsp3) is 0.138. The number of nitrogens with zero attached hydrogens (tertiary/aromatic N) is 1. The normalized spacial score (nSPS) is 10.9. The second kappa shape index (κ2) is 10.3. The van der Waals surface area contributed by atoms with E-state index < -0.39 is 5.97 Å². The van der Waals surface area contributed by atoms with Gasteiger partial charge in [-0.3, -0.25) is 4.79 Å². The van der Waals surface area contributed by atoms with Gasteiger partial charge < -0.3 is 18.6 Å². The van der Waals surface area contributed by atoms with Crippen molar-refractivity contribution in [1.29, 1.82) is 0 Å². The van der Waals surface area contributed by atoms with Crippen LogP contribution in [-0.2, 0) is 18.0 Å². The molecule has 0 aliphatic carbocycles. The highest BCUT2D eigenvalue weighted by atomic mass is 16.5. The first-order valence-corrected chi connectivity index (χ1v) is 11.5. The van der Waals surface area contributed by atoms with Gasteiger partial charge in [0.05, 0.1) is 23.2 Å². The predicted octanol–water partition coefficient (Wildman–Crippen LogP) is 5.68. The number of carbonyl (C=O) groups is 1. The van der Waals surface area contributed by atoms with E-state index in [4.69, 9.17) is 18.6 Å². The van der Waals surface area contributed by atoms with E-state index in [9.17, 15) is 9.59 Å². The van der Waals surface area contributed by atoms with E-state index in [2.05, 4.69) is 4.98 Å². The summed E-state index contributed by atoms with van der Waals surface area (Å²) in [5, 5.41) is 1.44. The number of ether oxygens (including phenoxy) is 3. The molecule has 0 atom stereocenters. The van der Waals surface area contributed by atoms with Crippen LogP contribution in [0.3, 0.4) is 0 Å². The highest BCUT2D eigenvalue weighted by Crippen LogP contribution is 2.22. The highest BCUT2D eigenvalue weighted by Gasteiger charge is 2.14. The Kier molecular flexibility index (Phi) is 6.62. The van der Waals surface area contributed by atoms with Gasteiger partial charge in [-0.2, -0.15) is 0 Å². The van der Waals surface area contributed by atoms with E-state index in [1.54, 1.807) is 25.1 Å². The third kappa shape index (κ3) is 5.20. The molecule has 0 aliphatic rings. The molecule has 0 aliphatic heterocycles. The summed E-state index contributed by atoms with van der Waals surface area (Å²) in [6.45, 7) is 2.50. The van der Waals surface area contributed by atoms with Crippen LogP contribution in [0, 0.1) is 0 Å². The Morgan fingerprint density at radius 3 is 2.58 bits per heavy atom. The molecule has 0 unspecified atom stereocenters. The Bertz CT molecular complexity index is 1610. The zero-order chi connectivity index (χ0) is 24.9. The molecule has 7 heteroatoms. The Labute approximate surface area is 206 Å². The summed E-state index contributed by atoms with van der Waals surface area (Å²) in [4.78, 5) is 28.9. The van der Waals surface area contributed by atoms with Gasteiger partial charge in [-0.15, -0.1) is 0 Å². The van der Waals surface area contributed by atoms with Crippen LogP contribution in [-0.4, -0.2) is 17.6 Å². The van der Waals surface area contributed by atoms with E-state index in [-0.39, 0.29) is 30.0 Å². The molecule has 3 aromatic carbocycles. The third-order valence-electron chi connectivity index (χ3n) is 5.52. The zero-order valence-electron chi connectivity index (χ0n) is 19.6. The van der Waals surface area contributed by atoms with Crippen LogP contribution in [0.25, 0.3) is 21.9 Å². The number of rotatable bonds is 8. The van der Waals surface area contributed by atoms with Crippen LogP contribution in [0.2, 0.25) is 0 Å². The molecule has 0 spiro atoms. The summed E-state index contributed by atoms with van der Waals surface area (Å²) in [5.74, 6) is 0.378. The molecule has 36 heavy (non-hydrogen) atoms.